The van der Waals surface area contributed by atoms with Crippen LogP contribution >= 0.6 is 0 Å². The van der Waals surface area contributed by atoms with Gasteiger partial charge in [-0.2, -0.15) is 0 Å². The molecule has 0 aliphatic carbocycles. The molecule has 1 aliphatic rings. The van der Waals surface area contributed by atoms with E-state index < -0.39 is 61.5 Å². The van der Waals surface area contributed by atoms with Crippen molar-refractivity contribution in [3.63, 3.8) is 0 Å². The lowest BCUT2D eigenvalue weighted by Gasteiger charge is -2.40. The van der Waals surface area contributed by atoms with Crippen molar-refractivity contribution < 1.29 is 44.9 Å². The van der Waals surface area contributed by atoms with Gasteiger partial charge in [-0.05, 0) is 51.4 Å². The second kappa shape index (κ2) is 48.6. The molecule has 0 spiro atoms. The highest BCUT2D eigenvalue weighted by atomic mass is 16.7. The molecule has 10 heteroatoms. The minimum absolute atomic E-state index is 0.304. The van der Waals surface area contributed by atoms with Gasteiger partial charge >= 0.3 is 0 Å². The molecule has 0 aromatic rings. The summed E-state index contributed by atoms with van der Waals surface area (Å²) >= 11 is 0. The van der Waals surface area contributed by atoms with Gasteiger partial charge in [-0.3, -0.25) is 4.79 Å². The summed E-state index contributed by atoms with van der Waals surface area (Å²) in [7, 11) is 0. The molecule has 0 aromatic carbocycles. The van der Waals surface area contributed by atoms with Crippen LogP contribution in [0.2, 0.25) is 0 Å². The lowest BCUT2D eigenvalue weighted by Crippen LogP contribution is -2.60. The third-order valence-electron chi connectivity index (χ3n) is 14.1. The Morgan fingerprint density at radius 3 is 1.29 bits per heavy atom. The predicted molar refractivity (Wildman–Crippen MR) is 287 cm³/mol. The highest BCUT2D eigenvalue weighted by Gasteiger charge is 2.44. The van der Waals surface area contributed by atoms with Crippen molar-refractivity contribution in [3.8, 4) is 0 Å². The van der Waals surface area contributed by atoms with Gasteiger partial charge < -0.3 is 45.4 Å². The fraction of sp³-hybridized carbons (Fsp3) is 0.881. The van der Waals surface area contributed by atoms with Gasteiger partial charge in [0.05, 0.1) is 25.4 Å². The van der Waals surface area contributed by atoms with Crippen molar-refractivity contribution in [2.45, 2.75) is 320 Å². The van der Waals surface area contributed by atoms with Crippen LogP contribution in [0, 0.1) is 0 Å². The molecular formula is C59H111NO9. The summed E-state index contributed by atoms with van der Waals surface area (Å²) in [6, 6.07) is -0.980. The van der Waals surface area contributed by atoms with Crippen LogP contribution in [0.3, 0.4) is 0 Å². The van der Waals surface area contributed by atoms with Crippen LogP contribution < -0.4 is 5.32 Å². The number of hydrogen-bond acceptors (Lipinski definition) is 9. The molecule has 1 rings (SSSR count). The number of nitrogens with one attached hydrogen (secondary N) is 1. The Morgan fingerprint density at radius 2 is 0.884 bits per heavy atom. The van der Waals surface area contributed by atoms with Crippen LogP contribution in [-0.2, 0) is 14.3 Å². The van der Waals surface area contributed by atoms with Gasteiger partial charge in [0.15, 0.2) is 6.29 Å². The standard InChI is InChI=1S/C59H111NO9/c1-3-5-7-9-11-13-15-17-19-20-21-22-23-24-25-26-27-28-29-30-31-32-33-34-36-38-40-42-44-46-48-53(63)58(67)60-51(50-68-59-57(66)56(65)55(64)54(49-61)69-59)52(62)47-45-43-41-39-37-35-18-16-14-12-10-8-6-4-2/h21-22,24-25,45,47,51-57,59,61-66H,3-20,23,26-44,46,48-50H2,1-2H3,(H,60,67)/b22-21-,25-24-,47-45+. The molecule has 1 heterocycles. The summed E-state index contributed by atoms with van der Waals surface area (Å²) in [6.45, 7) is 3.63. The second-order valence-electron chi connectivity index (χ2n) is 20.6. The summed E-state index contributed by atoms with van der Waals surface area (Å²) in [5.74, 6) is -0.615. The van der Waals surface area contributed by atoms with E-state index in [9.17, 15) is 35.4 Å². The minimum Gasteiger partial charge on any atom is -0.394 e. The van der Waals surface area contributed by atoms with E-state index in [4.69, 9.17) is 9.47 Å². The summed E-state index contributed by atoms with van der Waals surface area (Å²) in [5.41, 5.74) is 0. The van der Waals surface area contributed by atoms with Gasteiger partial charge in [0, 0.05) is 0 Å². The first-order chi connectivity index (χ1) is 33.8. The SMILES string of the molecule is CCCCCCCCCCC/C=C\C/C=C\CCCCCCCCCCCCCCCCC(O)C(=O)NC(COC1OC(CO)C(O)C(O)C1O)C(O)/C=C/CCCCCCCCCCCCCC. The van der Waals surface area contributed by atoms with Crippen molar-refractivity contribution >= 4 is 5.91 Å². The monoisotopic (exact) mass is 978 g/mol. The van der Waals surface area contributed by atoms with Crippen LogP contribution in [0.1, 0.15) is 271 Å². The average Bonchev–Trinajstić information content (AvgIpc) is 3.35. The zero-order valence-corrected chi connectivity index (χ0v) is 44.7. The van der Waals surface area contributed by atoms with Crippen molar-refractivity contribution in [2.75, 3.05) is 13.2 Å². The zero-order valence-electron chi connectivity index (χ0n) is 44.7. The Labute approximate surface area is 424 Å². The molecule has 0 aromatic heterocycles. The Bertz CT molecular complexity index is 1200. The Balaban J connectivity index is 2.19. The average molecular weight is 979 g/mol. The number of unbranched alkanes of at least 4 members (excludes halogenated alkanes) is 35. The highest BCUT2D eigenvalue weighted by molar-refractivity contribution is 5.80. The van der Waals surface area contributed by atoms with Gasteiger partial charge in [0.25, 0.3) is 0 Å². The van der Waals surface area contributed by atoms with E-state index in [-0.39, 0.29) is 6.61 Å². The molecule has 1 saturated heterocycles. The number of amides is 1. The van der Waals surface area contributed by atoms with E-state index in [1.54, 1.807) is 6.08 Å². The molecule has 8 atom stereocenters. The van der Waals surface area contributed by atoms with E-state index in [0.29, 0.717) is 6.42 Å². The Kier molecular flexibility index (Phi) is 46.1. The fourth-order valence-corrected chi connectivity index (χ4v) is 9.31. The van der Waals surface area contributed by atoms with Crippen LogP contribution in [-0.4, -0.2) is 98.7 Å². The lowest BCUT2D eigenvalue weighted by molar-refractivity contribution is -0.302. The molecule has 1 aliphatic heterocycles. The summed E-state index contributed by atoms with van der Waals surface area (Å²) in [4.78, 5) is 13.1. The lowest BCUT2D eigenvalue weighted by atomic mass is 9.99. The van der Waals surface area contributed by atoms with E-state index >= 15 is 0 Å². The largest absolute Gasteiger partial charge is 0.394 e. The van der Waals surface area contributed by atoms with Crippen molar-refractivity contribution in [1.29, 1.82) is 0 Å². The molecule has 0 radical (unpaired) electrons. The first-order valence-corrected chi connectivity index (χ1v) is 29.3. The second-order valence-corrected chi connectivity index (χ2v) is 20.6. The normalized spacial score (nSPS) is 20.1. The van der Waals surface area contributed by atoms with Crippen LogP contribution in [0.25, 0.3) is 0 Å². The maximum Gasteiger partial charge on any atom is 0.249 e. The molecule has 69 heavy (non-hydrogen) atoms. The van der Waals surface area contributed by atoms with Crippen LogP contribution in [0.15, 0.2) is 36.5 Å². The third-order valence-corrected chi connectivity index (χ3v) is 14.1. The van der Waals surface area contributed by atoms with Crippen LogP contribution in [0.4, 0.5) is 0 Å². The molecule has 1 amide bonds. The number of ether oxygens (including phenoxy) is 2. The molecule has 406 valence electrons. The summed E-state index contributed by atoms with van der Waals surface area (Å²) in [6.07, 6.45) is 52.5. The van der Waals surface area contributed by atoms with E-state index in [1.165, 1.54) is 199 Å². The maximum absolute atomic E-state index is 13.1. The van der Waals surface area contributed by atoms with Gasteiger partial charge in [0.2, 0.25) is 5.91 Å². The third kappa shape index (κ3) is 37.7. The molecule has 1 fully saturated rings. The Hall–Kier alpha value is -1.63. The highest BCUT2D eigenvalue weighted by Crippen LogP contribution is 2.23. The minimum atomic E-state index is -1.61. The number of hydrogen-bond donors (Lipinski definition) is 7. The first-order valence-electron chi connectivity index (χ1n) is 29.3. The number of carbonyl (C=O) groups excluding carboxylic acids is 1. The van der Waals surface area contributed by atoms with Crippen molar-refractivity contribution in [2.24, 2.45) is 0 Å². The zero-order chi connectivity index (χ0) is 50.3. The Morgan fingerprint density at radius 1 is 0.507 bits per heavy atom. The number of aliphatic hydroxyl groups excluding tert-OH is 6. The van der Waals surface area contributed by atoms with Gasteiger partial charge in [-0.15, -0.1) is 0 Å². The topological polar surface area (TPSA) is 169 Å². The fourth-order valence-electron chi connectivity index (χ4n) is 9.31. The number of rotatable bonds is 50. The van der Waals surface area contributed by atoms with Gasteiger partial charge in [-0.1, -0.05) is 256 Å². The molecular weight excluding hydrogens is 867 g/mol. The van der Waals surface area contributed by atoms with E-state index in [1.807, 2.05) is 6.08 Å². The maximum atomic E-state index is 13.1. The predicted octanol–water partition coefficient (Wildman–Crippen LogP) is 13.3. The molecule has 0 saturated carbocycles. The summed E-state index contributed by atoms with van der Waals surface area (Å²) in [5, 5.41) is 65.0. The van der Waals surface area contributed by atoms with Gasteiger partial charge in [0.1, 0.15) is 30.5 Å². The number of carbonyl (C=O) groups is 1. The molecule has 7 N–H and O–H groups in total. The van der Waals surface area contributed by atoms with Crippen molar-refractivity contribution in [1.82, 2.24) is 5.32 Å². The molecule has 8 unspecified atom stereocenters. The molecule has 10 nitrogen and oxygen atoms in total. The van der Waals surface area contributed by atoms with Crippen LogP contribution in [0.5, 0.6) is 0 Å². The number of aliphatic hydroxyl groups is 6. The summed E-state index contributed by atoms with van der Waals surface area (Å²) < 4.78 is 11.2. The van der Waals surface area contributed by atoms with Crippen molar-refractivity contribution in [3.05, 3.63) is 36.5 Å². The number of allylic oxidation sites excluding steroid dienone is 5. The van der Waals surface area contributed by atoms with E-state index in [2.05, 4.69) is 43.5 Å². The quantitative estimate of drug-likeness (QED) is 0.0232. The molecule has 0 bridgehead atoms. The van der Waals surface area contributed by atoms with E-state index in [0.717, 1.165) is 51.4 Å². The smallest absolute Gasteiger partial charge is 0.249 e. The van der Waals surface area contributed by atoms with Gasteiger partial charge in [-0.25, -0.2) is 0 Å². The first kappa shape index (κ1) is 65.4.